The second kappa shape index (κ2) is 8.75. The molecule has 0 aromatic heterocycles. The van der Waals surface area contributed by atoms with Crippen LogP contribution in [0.5, 0.6) is 5.75 Å². The number of nitrogens with one attached hydrogen (secondary N) is 1. The quantitative estimate of drug-likeness (QED) is 0.805. The Balaban J connectivity index is 1.69. The second-order valence-electron chi connectivity index (χ2n) is 7.07. The summed E-state index contributed by atoms with van der Waals surface area (Å²) >= 11 is 0. The molecule has 2 aromatic rings. The summed E-state index contributed by atoms with van der Waals surface area (Å²) in [5, 5.41) is 2.88. The lowest BCUT2D eigenvalue weighted by Crippen LogP contribution is -2.44. The number of nitrogens with zero attached hydrogens (tertiary/aromatic N) is 1. The summed E-state index contributed by atoms with van der Waals surface area (Å²) < 4.78 is 32.5. The molecule has 0 bridgehead atoms. The number of methoxy groups -OCH3 is 1. The van der Waals surface area contributed by atoms with Crippen LogP contribution in [0.4, 0.5) is 5.69 Å². The van der Waals surface area contributed by atoms with Gasteiger partial charge in [-0.05, 0) is 43.0 Å². The van der Waals surface area contributed by atoms with E-state index in [0.717, 1.165) is 11.1 Å². The SMILES string of the molecule is COc1ccccc1NC(=O)[C@@H]1CCCN(S(=O)(=O)Cc2ccccc2C)C1. The molecule has 1 amide bonds. The van der Waals surface area contributed by atoms with Crippen LogP contribution in [0.15, 0.2) is 48.5 Å². The molecule has 7 heteroatoms. The van der Waals surface area contributed by atoms with Crippen LogP contribution in [0.25, 0.3) is 0 Å². The van der Waals surface area contributed by atoms with Crippen molar-refractivity contribution in [3.05, 3.63) is 59.7 Å². The lowest BCUT2D eigenvalue weighted by molar-refractivity contribution is -0.120. The van der Waals surface area contributed by atoms with Gasteiger partial charge in [-0.2, -0.15) is 0 Å². The van der Waals surface area contributed by atoms with E-state index in [1.54, 1.807) is 19.2 Å². The summed E-state index contributed by atoms with van der Waals surface area (Å²) in [6, 6.07) is 14.7. The normalized spacial score (nSPS) is 17.9. The first kappa shape index (κ1) is 20.4. The smallest absolute Gasteiger partial charge is 0.228 e. The van der Waals surface area contributed by atoms with Gasteiger partial charge in [0.05, 0.1) is 24.5 Å². The number of hydrogen-bond acceptors (Lipinski definition) is 4. The van der Waals surface area contributed by atoms with Gasteiger partial charge in [-0.25, -0.2) is 12.7 Å². The van der Waals surface area contributed by atoms with Crippen molar-refractivity contribution in [1.29, 1.82) is 0 Å². The van der Waals surface area contributed by atoms with Gasteiger partial charge in [0.15, 0.2) is 0 Å². The first-order chi connectivity index (χ1) is 13.4. The van der Waals surface area contributed by atoms with Crippen molar-refractivity contribution in [2.24, 2.45) is 5.92 Å². The molecule has 2 aromatic carbocycles. The zero-order valence-electron chi connectivity index (χ0n) is 16.2. The maximum atomic E-state index is 12.9. The average Bonchev–Trinajstić information content (AvgIpc) is 2.70. The van der Waals surface area contributed by atoms with Crippen molar-refractivity contribution < 1.29 is 17.9 Å². The van der Waals surface area contributed by atoms with Crippen LogP contribution in [0.1, 0.15) is 24.0 Å². The van der Waals surface area contributed by atoms with E-state index in [1.807, 2.05) is 43.3 Å². The van der Waals surface area contributed by atoms with Gasteiger partial charge < -0.3 is 10.1 Å². The fourth-order valence-electron chi connectivity index (χ4n) is 3.45. The molecule has 0 saturated carbocycles. The van der Waals surface area contributed by atoms with Crippen LogP contribution < -0.4 is 10.1 Å². The van der Waals surface area contributed by atoms with E-state index in [4.69, 9.17) is 4.74 Å². The lowest BCUT2D eigenvalue weighted by Gasteiger charge is -2.31. The number of sulfonamides is 1. The van der Waals surface area contributed by atoms with Gasteiger partial charge in [0.25, 0.3) is 0 Å². The number of benzene rings is 2. The minimum absolute atomic E-state index is 0.0412. The first-order valence-corrected chi connectivity index (χ1v) is 11.0. The number of ether oxygens (including phenoxy) is 1. The number of amides is 1. The van der Waals surface area contributed by atoms with Gasteiger partial charge in [0.1, 0.15) is 5.75 Å². The third kappa shape index (κ3) is 4.72. The predicted molar refractivity (Wildman–Crippen MR) is 110 cm³/mol. The van der Waals surface area contributed by atoms with Crippen LogP contribution >= 0.6 is 0 Å². The number of carbonyl (C=O) groups excluding carboxylic acids is 1. The predicted octanol–water partition coefficient (Wildman–Crippen LogP) is 3.18. The number of hydrogen-bond donors (Lipinski definition) is 1. The van der Waals surface area contributed by atoms with E-state index in [2.05, 4.69) is 5.32 Å². The van der Waals surface area contributed by atoms with Gasteiger partial charge in [0, 0.05) is 13.1 Å². The number of para-hydroxylation sites is 2. The standard InChI is InChI=1S/C21H26N2O4S/c1-16-8-3-4-9-18(16)15-28(25,26)23-13-7-10-17(14-23)21(24)22-19-11-5-6-12-20(19)27-2/h3-6,8-9,11-12,17H,7,10,13-15H2,1-2H3,(H,22,24)/t17-/m1/s1. The van der Waals surface area contributed by atoms with Crippen LogP contribution in [-0.2, 0) is 20.6 Å². The highest BCUT2D eigenvalue weighted by Gasteiger charge is 2.32. The maximum absolute atomic E-state index is 12.9. The number of aryl methyl sites for hydroxylation is 1. The van der Waals surface area contributed by atoms with E-state index in [-0.39, 0.29) is 24.1 Å². The largest absolute Gasteiger partial charge is 0.495 e. The van der Waals surface area contributed by atoms with Gasteiger partial charge in [-0.15, -0.1) is 0 Å². The van der Waals surface area contributed by atoms with Crippen molar-refractivity contribution in [2.75, 3.05) is 25.5 Å². The molecular weight excluding hydrogens is 376 g/mol. The van der Waals surface area contributed by atoms with E-state index in [9.17, 15) is 13.2 Å². The maximum Gasteiger partial charge on any atom is 0.228 e. The van der Waals surface area contributed by atoms with E-state index >= 15 is 0 Å². The third-order valence-electron chi connectivity index (χ3n) is 5.11. The molecule has 1 N–H and O–H groups in total. The Labute approximate surface area is 166 Å². The Bertz CT molecular complexity index is 943. The Kier molecular flexibility index (Phi) is 6.36. The van der Waals surface area contributed by atoms with Crippen molar-refractivity contribution in [1.82, 2.24) is 4.31 Å². The zero-order valence-corrected chi connectivity index (χ0v) is 17.0. The minimum Gasteiger partial charge on any atom is -0.495 e. The molecule has 150 valence electrons. The van der Waals surface area contributed by atoms with Gasteiger partial charge in [-0.1, -0.05) is 36.4 Å². The molecule has 1 aliphatic heterocycles. The zero-order chi connectivity index (χ0) is 20.1. The molecule has 1 fully saturated rings. The van der Waals surface area contributed by atoms with Crippen LogP contribution in [0, 0.1) is 12.8 Å². The summed E-state index contributed by atoms with van der Waals surface area (Å²) in [5.41, 5.74) is 2.34. The molecular formula is C21H26N2O4S. The van der Waals surface area contributed by atoms with Crippen molar-refractivity contribution >= 4 is 21.6 Å². The number of anilines is 1. The van der Waals surface area contributed by atoms with Gasteiger partial charge >= 0.3 is 0 Å². The molecule has 1 aliphatic rings. The molecule has 3 rings (SSSR count). The Hall–Kier alpha value is -2.38. The highest BCUT2D eigenvalue weighted by molar-refractivity contribution is 7.88. The topological polar surface area (TPSA) is 75.7 Å². The molecule has 0 spiro atoms. The van der Waals surface area contributed by atoms with E-state index in [0.29, 0.717) is 30.8 Å². The average molecular weight is 403 g/mol. The first-order valence-electron chi connectivity index (χ1n) is 9.37. The Morgan fingerprint density at radius 1 is 1.18 bits per heavy atom. The number of rotatable bonds is 6. The van der Waals surface area contributed by atoms with E-state index < -0.39 is 10.0 Å². The lowest BCUT2D eigenvalue weighted by atomic mass is 9.98. The van der Waals surface area contributed by atoms with Crippen molar-refractivity contribution in [2.45, 2.75) is 25.5 Å². The van der Waals surface area contributed by atoms with Gasteiger partial charge in [-0.3, -0.25) is 4.79 Å². The van der Waals surface area contributed by atoms with Crippen molar-refractivity contribution in [3.63, 3.8) is 0 Å². The highest BCUT2D eigenvalue weighted by atomic mass is 32.2. The van der Waals surface area contributed by atoms with Crippen LogP contribution in [0.2, 0.25) is 0 Å². The summed E-state index contributed by atoms with van der Waals surface area (Å²) in [7, 11) is -1.94. The minimum atomic E-state index is -3.48. The van der Waals surface area contributed by atoms with Gasteiger partial charge in [0.2, 0.25) is 15.9 Å². The highest BCUT2D eigenvalue weighted by Crippen LogP contribution is 2.27. The Morgan fingerprint density at radius 3 is 2.64 bits per heavy atom. The number of piperidine rings is 1. The fourth-order valence-corrected chi connectivity index (χ4v) is 5.17. The molecule has 28 heavy (non-hydrogen) atoms. The molecule has 1 saturated heterocycles. The molecule has 0 unspecified atom stereocenters. The summed E-state index contributed by atoms with van der Waals surface area (Å²) in [6.45, 7) is 2.56. The summed E-state index contributed by atoms with van der Waals surface area (Å²) in [5.74, 6) is -0.0261. The Morgan fingerprint density at radius 2 is 1.89 bits per heavy atom. The molecule has 6 nitrogen and oxygen atoms in total. The van der Waals surface area contributed by atoms with Crippen LogP contribution in [-0.4, -0.2) is 38.8 Å². The third-order valence-corrected chi connectivity index (χ3v) is 6.91. The summed E-state index contributed by atoms with van der Waals surface area (Å²) in [6.07, 6.45) is 1.33. The second-order valence-corrected chi connectivity index (χ2v) is 9.04. The van der Waals surface area contributed by atoms with E-state index in [1.165, 1.54) is 4.31 Å². The molecule has 1 atom stereocenters. The van der Waals surface area contributed by atoms with Crippen molar-refractivity contribution in [3.8, 4) is 5.75 Å². The molecule has 1 heterocycles. The summed E-state index contributed by atoms with van der Waals surface area (Å²) in [4.78, 5) is 12.7. The molecule has 0 aliphatic carbocycles. The molecule has 0 radical (unpaired) electrons. The fraction of sp³-hybridized carbons (Fsp3) is 0.381. The monoisotopic (exact) mass is 402 g/mol. The number of carbonyl (C=O) groups is 1. The van der Waals surface area contributed by atoms with Crippen LogP contribution in [0.3, 0.4) is 0 Å².